The second-order valence-electron chi connectivity index (χ2n) is 4.77. The summed E-state index contributed by atoms with van der Waals surface area (Å²) in [7, 11) is 1.82. The lowest BCUT2D eigenvalue weighted by molar-refractivity contribution is 0.621. The summed E-state index contributed by atoms with van der Waals surface area (Å²) in [5, 5.41) is 6.26. The minimum atomic E-state index is -0.306. The number of nitrogens with one attached hydrogen (secondary N) is 2. The molecule has 0 saturated heterocycles. The molecule has 0 fully saturated rings. The molecule has 2 N–H and O–H groups in total. The number of benzene rings is 1. The zero-order valence-electron chi connectivity index (χ0n) is 12.5. The van der Waals surface area contributed by atoms with Crippen LogP contribution in [0, 0.1) is 19.7 Å². The molecule has 1 aromatic heterocycles. The highest BCUT2D eigenvalue weighted by Gasteiger charge is 2.12. The van der Waals surface area contributed by atoms with Gasteiger partial charge in [-0.1, -0.05) is 6.92 Å². The number of hydrogen-bond donors (Lipinski definition) is 2. The first kappa shape index (κ1) is 15.7. The zero-order valence-corrected chi connectivity index (χ0v) is 14.1. The Bertz CT molecular complexity index is 673. The summed E-state index contributed by atoms with van der Waals surface area (Å²) in [6, 6.07) is 3.21. The molecule has 6 heteroatoms. The second-order valence-corrected chi connectivity index (χ2v) is 5.63. The SMILES string of the molecule is CCc1nc(NC)c(C)c(Nc2cc(F)c(Br)cc2C)n1. The predicted molar refractivity (Wildman–Crippen MR) is 87.8 cm³/mol. The topological polar surface area (TPSA) is 49.8 Å². The van der Waals surface area contributed by atoms with Crippen molar-refractivity contribution >= 4 is 33.3 Å². The van der Waals surface area contributed by atoms with Gasteiger partial charge in [-0.05, 0) is 47.5 Å². The van der Waals surface area contributed by atoms with E-state index in [-0.39, 0.29) is 5.82 Å². The maximum absolute atomic E-state index is 13.7. The summed E-state index contributed by atoms with van der Waals surface area (Å²) in [6.07, 6.45) is 0.733. The summed E-state index contributed by atoms with van der Waals surface area (Å²) in [5.41, 5.74) is 2.53. The van der Waals surface area contributed by atoms with Crippen LogP contribution in [0.2, 0.25) is 0 Å². The monoisotopic (exact) mass is 352 g/mol. The Morgan fingerprint density at radius 1 is 1.19 bits per heavy atom. The lowest BCUT2D eigenvalue weighted by Crippen LogP contribution is -2.07. The van der Waals surface area contributed by atoms with Gasteiger partial charge in [-0.2, -0.15) is 0 Å². The van der Waals surface area contributed by atoms with E-state index in [0.29, 0.717) is 16.0 Å². The number of rotatable bonds is 4. The molecular weight excluding hydrogens is 335 g/mol. The Hall–Kier alpha value is -1.69. The van der Waals surface area contributed by atoms with Gasteiger partial charge in [0.1, 0.15) is 23.3 Å². The van der Waals surface area contributed by atoms with Crippen molar-refractivity contribution in [3.8, 4) is 0 Å². The van der Waals surface area contributed by atoms with Crippen molar-refractivity contribution in [1.82, 2.24) is 9.97 Å². The van der Waals surface area contributed by atoms with Crippen LogP contribution in [-0.4, -0.2) is 17.0 Å². The Balaban J connectivity index is 2.46. The number of anilines is 3. The van der Waals surface area contributed by atoms with Crippen molar-refractivity contribution in [3.05, 3.63) is 39.4 Å². The van der Waals surface area contributed by atoms with Crippen molar-refractivity contribution in [3.63, 3.8) is 0 Å². The fourth-order valence-electron chi connectivity index (χ4n) is 1.99. The minimum absolute atomic E-state index is 0.306. The van der Waals surface area contributed by atoms with Gasteiger partial charge in [0.2, 0.25) is 0 Å². The number of nitrogens with zero attached hydrogens (tertiary/aromatic N) is 2. The Morgan fingerprint density at radius 2 is 1.86 bits per heavy atom. The highest BCUT2D eigenvalue weighted by Crippen LogP contribution is 2.28. The third-order valence-corrected chi connectivity index (χ3v) is 3.87. The van der Waals surface area contributed by atoms with Gasteiger partial charge in [0.25, 0.3) is 0 Å². The van der Waals surface area contributed by atoms with Crippen LogP contribution in [0.25, 0.3) is 0 Å². The fraction of sp³-hybridized carbons (Fsp3) is 0.333. The van der Waals surface area contributed by atoms with Crippen molar-refractivity contribution in [2.45, 2.75) is 27.2 Å². The van der Waals surface area contributed by atoms with Crippen LogP contribution in [0.4, 0.5) is 21.7 Å². The first-order chi connectivity index (χ1) is 9.96. The van der Waals surface area contributed by atoms with Crippen LogP contribution in [0.5, 0.6) is 0 Å². The molecular formula is C15H18BrFN4. The van der Waals surface area contributed by atoms with Crippen molar-refractivity contribution in [2.75, 3.05) is 17.7 Å². The molecule has 0 amide bonds. The van der Waals surface area contributed by atoms with Gasteiger partial charge in [-0.15, -0.1) is 0 Å². The number of hydrogen-bond acceptors (Lipinski definition) is 4. The van der Waals surface area contributed by atoms with Crippen LogP contribution in [0.3, 0.4) is 0 Å². The van der Waals surface area contributed by atoms with E-state index in [1.807, 2.05) is 27.8 Å². The van der Waals surface area contributed by atoms with E-state index in [1.54, 1.807) is 6.07 Å². The molecule has 0 unspecified atom stereocenters. The standard InChI is InChI=1S/C15H18BrFN4/c1-5-13-20-14(18-4)9(3)15(21-13)19-12-7-11(17)10(16)6-8(12)2/h6-7H,5H2,1-4H3,(H2,18,19,20,21). The molecule has 0 aliphatic rings. The molecule has 1 aromatic carbocycles. The summed E-state index contributed by atoms with van der Waals surface area (Å²) >= 11 is 3.19. The first-order valence-corrected chi connectivity index (χ1v) is 7.53. The highest BCUT2D eigenvalue weighted by atomic mass is 79.9. The summed E-state index contributed by atoms with van der Waals surface area (Å²) < 4.78 is 14.2. The summed E-state index contributed by atoms with van der Waals surface area (Å²) in [4.78, 5) is 8.91. The van der Waals surface area contributed by atoms with E-state index < -0.39 is 0 Å². The molecule has 0 atom stereocenters. The van der Waals surface area contributed by atoms with Crippen LogP contribution in [0.1, 0.15) is 23.9 Å². The smallest absolute Gasteiger partial charge is 0.139 e. The molecule has 21 heavy (non-hydrogen) atoms. The van der Waals surface area contributed by atoms with Gasteiger partial charge < -0.3 is 10.6 Å². The molecule has 0 saturated carbocycles. The van der Waals surface area contributed by atoms with Crippen LogP contribution >= 0.6 is 15.9 Å². The summed E-state index contributed by atoms with van der Waals surface area (Å²) in [5.74, 6) is 1.90. The Labute approximate surface area is 132 Å². The molecule has 2 aromatic rings. The Kier molecular flexibility index (Phi) is 4.77. The van der Waals surface area contributed by atoms with E-state index in [9.17, 15) is 4.39 Å². The first-order valence-electron chi connectivity index (χ1n) is 6.74. The third-order valence-electron chi connectivity index (χ3n) is 3.27. The molecule has 2 rings (SSSR count). The zero-order chi connectivity index (χ0) is 15.6. The van der Waals surface area contributed by atoms with Gasteiger partial charge in [-0.25, -0.2) is 14.4 Å². The molecule has 0 aliphatic carbocycles. The Morgan fingerprint density at radius 3 is 2.48 bits per heavy atom. The number of aromatic nitrogens is 2. The molecule has 0 spiro atoms. The molecule has 0 aliphatic heterocycles. The van der Waals surface area contributed by atoms with E-state index in [1.165, 1.54) is 6.07 Å². The van der Waals surface area contributed by atoms with Gasteiger partial charge >= 0.3 is 0 Å². The number of halogens is 2. The highest BCUT2D eigenvalue weighted by molar-refractivity contribution is 9.10. The third kappa shape index (κ3) is 3.32. The largest absolute Gasteiger partial charge is 0.373 e. The average Bonchev–Trinajstić information content (AvgIpc) is 2.46. The van der Waals surface area contributed by atoms with Gasteiger partial charge in [0, 0.05) is 24.7 Å². The normalized spacial score (nSPS) is 10.6. The quantitative estimate of drug-likeness (QED) is 0.858. The van der Waals surface area contributed by atoms with Gasteiger partial charge in [0.15, 0.2) is 0 Å². The molecule has 1 heterocycles. The van der Waals surface area contributed by atoms with Crippen molar-refractivity contribution in [1.29, 1.82) is 0 Å². The van der Waals surface area contributed by atoms with Crippen molar-refractivity contribution in [2.24, 2.45) is 0 Å². The number of aryl methyl sites for hydroxylation is 2. The van der Waals surface area contributed by atoms with Gasteiger partial charge in [0.05, 0.1) is 4.47 Å². The van der Waals surface area contributed by atoms with E-state index in [0.717, 1.165) is 29.2 Å². The van der Waals surface area contributed by atoms with Crippen LogP contribution in [-0.2, 0) is 6.42 Å². The lowest BCUT2D eigenvalue weighted by atomic mass is 10.2. The van der Waals surface area contributed by atoms with Crippen LogP contribution < -0.4 is 10.6 Å². The maximum atomic E-state index is 13.7. The van der Waals surface area contributed by atoms with Crippen molar-refractivity contribution < 1.29 is 4.39 Å². The molecule has 0 radical (unpaired) electrons. The van der Waals surface area contributed by atoms with Crippen LogP contribution in [0.15, 0.2) is 16.6 Å². The minimum Gasteiger partial charge on any atom is -0.373 e. The second kappa shape index (κ2) is 6.39. The predicted octanol–water partition coefficient (Wildman–Crippen LogP) is 4.34. The van der Waals surface area contributed by atoms with E-state index in [4.69, 9.17) is 0 Å². The molecule has 112 valence electrons. The van der Waals surface area contributed by atoms with E-state index >= 15 is 0 Å². The molecule has 4 nitrogen and oxygen atoms in total. The summed E-state index contributed by atoms with van der Waals surface area (Å²) in [6.45, 7) is 5.85. The fourth-order valence-corrected chi connectivity index (χ4v) is 2.45. The van der Waals surface area contributed by atoms with Gasteiger partial charge in [-0.3, -0.25) is 0 Å². The molecule has 0 bridgehead atoms. The maximum Gasteiger partial charge on any atom is 0.139 e. The van der Waals surface area contributed by atoms with E-state index in [2.05, 4.69) is 36.5 Å². The lowest BCUT2D eigenvalue weighted by Gasteiger charge is -2.15. The average molecular weight is 353 g/mol.